The Labute approximate surface area is 105 Å². The first-order valence-electron chi connectivity index (χ1n) is 5.48. The molecule has 0 saturated heterocycles. The highest BCUT2D eigenvalue weighted by Gasteiger charge is 2.29. The van der Waals surface area contributed by atoms with E-state index in [0.29, 0.717) is 17.5 Å². The van der Waals surface area contributed by atoms with Gasteiger partial charge in [0.15, 0.2) is 0 Å². The predicted octanol–water partition coefficient (Wildman–Crippen LogP) is 0.835. The number of anilines is 1. The fourth-order valence-electron chi connectivity index (χ4n) is 2.06. The van der Waals surface area contributed by atoms with E-state index in [9.17, 15) is 8.42 Å². The molecule has 0 spiro atoms. The first-order valence-corrected chi connectivity index (χ1v) is 8.32. The van der Waals surface area contributed by atoms with E-state index < -0.39 is 9.84 Å². The van der Waals surface area contributed by atoms with Crippen LogP contribution >= 0.6 is 11.8 Å². The molecule has 2 rings (SSSR count). The van der Waals surface area contributed by atoms with Crippen molar-refractivity contribution < 1.29 is 8.42 Å². The van der Waals surface area contributed by atoms with E-state index in [4.69, 9.17) is 5.73 Å². The number of thioether (sulfide) groups is 1. The topological polar surface area (TPSA) is 102 Å². The molecule has 6 nitrogen and oxygen atoms in total. The van der Waals surface area contributed by atoms with Crippen molar-refractivity contribution in [2.24, 2.45) is 0 Å². The molecule has 1 aliphatic carbocycles. The van der Waals surface area contributed by atoms with E-state index in [1.54, 1.807) is 0 Å². The SMILES string of the molecule is CS(=O)(=O)C1CCCC(Sc2n[nH]c(N)n2)C1. The lowest BCUT2D eigenvalue weighted by Gasteiger charge is -2.26. The standard InChI is InChI=1S/C9H16N4O2S2/c1-17(14,15)7-4-2-3-6(5-7)16-9-11-8(10)12-13-9/h6-7H,2-5H2,1H3,(H3,10,11,12,13). The van der Waals surface area contributed by atoms with Crippen LogP contribution in [0.4, 0.5) is 5.95 Å². The Morgan fingerprint density at radius 3 is 2.82 bits per heavy atom. The number of rotatable bonds is 3. The lowest BCUT2D eigenvalue weighted by Crippen LogP contribution is -2.28. The van der Waals surface area contributed by atoms with Gasteiger partial charge in [-0.3, -0.25) is 0 Å². The molecule has 17 heavy (non-hydrogen) atoms. The predicted molar refractivity (Wildman–Crippen MR) is 67.5 cm³/mol. The second-order valence-corrected chi connectivity index (χ2v) is 7.95. The maximum absolute atomic E-state index is 11.5. The third-order valence-corrected chi connectivity index (χ3v) is 5.73. The Balaban J connectivity index is 1.98. The molecule has 1 aliphatic rings. The van der Waals surface area contributed by atoms with Gasteiger partial charge in [0.25, 0.3) is 0 Å². The van der Waals surface area contributed by atoms with Crippen LogP contribution in [0.3, 0.4) is 0 Å². The van der Waals surface area contributed by atoms with Crippen LogP contribution in [-0.2, 0) is 9.84 Å². The normalized spacial score (nSPS) is 25.9. The van der Waals surface area contributed by atoms with Gasteiger partial charge in [-0.25, -0.2) is 13.5 Å². The summed E-state index contributed by atoms with van der Waals surface area (Å²) in [5.74, 6) is 0.294. The average molecular weight is 276 g/mol. The minimum absolute atomic E-state index is 0.218. The van der Waals surface area contributed by atoms with Crippen molar-refractivity contribution in [1.29, 1.82) is 0 Å². The smallest absolute Gasteiger partial charge is 0.216 e. The number of sulfone groups is 1. The fourth-order valence-corrected chi connectivity index (χ4v) is 4.52. The van der Waals surface area contributed by atoms with Crippen LogP contribution in [0.5, 0.6) is 0 Å². The zero-order valence-corrected chi connectivity index (χ0v) is 11.2. The molecular formula is C9H16N4O2S2. The Kier molecular flexibility index (Phi) is 3.62. The molecule has 2 atom stereocenters. The van der Waals surface area contributed by atoms with Crippen LogP contribution in [0.25, 0.3) is 0 Å². The summed E-state index contributed by atoms with van der Waals surface area (Å²) >= 11 is 1.51. The summed E-state index contributed by atoms with van der Waals surface area (Å²) in [6, 6.07) is 0. The molecule has 0 bridgehead atoms. The third-order valence-electron chi connectivity index (χ3n) is 2.94. The maximum atomic E-state index is 11.5. The third kappa shape index (κ3) is 3.35. The highest BCUT2D eigenvalue weighted by molar-refractivity contribution is 7.99. The van der Waals surface area contributed by atoms with Gasteiger partial charge in [-0.05, 0) is 19.3 Å². The Morgan fingerprint density at radius 1 is 1.47 bits per heavy atom. The monoisotopic (exact) mass is 276 g/mol. The van der Waals surface area contributed by atoms with Gasteiger partial charge in [0.2, 0.25) is 11.1 Å². The second kappa shape index (κ2) is 4.85. The summed E-state index contributed by atoms with van der Waals surface area (Å²) in [6.07, 6.45) is 4.71. The molecule has 1 aromatic rings. The van der Waals surface area contributed by atoms with Crippen LogP contribution in [0.2, 0.25) is 0 Å². The number of nitrogens with zero attached hydrogens (tertiary/aromatic N) is 2. The van der Waals surface area contributed by atoms with Crippen molar-refractivity contribution in [3.63, 3.8) is 0 Å². The fraction of sp³-hybridized carbons (Fsp3) is 0.778. The van der Waals surface area contributed by atoms with E-state index >= 15 is 0 Å². The first-order chi connectivity index (χ1) is 7.95. The molecule has 3 N–H and O–H groups in total. The Hall–Kier alpha value is -0.760. The van der Waals surface area contributed by atoms with E-state index in [-0.39, 0.29) is 10.5 Å². The van der Waals surface area contributed by atoms with Crippen molar-refractivity contribution in [2.75, 3.05) is 12.0 Å². The number of hydrogen-bond donors (Lipinski definition) is 2. The van der Waals surface area contributed by atoms with Gasteiger partial charge in [-0.2, -0.15) is 4.98 Å². The van der Waals surface area contributed by atoms with Crippen LogP contribution in [0.15, 0.2) is 5.16 Å². The Morgan fingerprint density at radius 2 is 2.24 bits per heavy atom. The van der Waals surface area contributed by atoms with Gasteiger partial charge in [0, 0.05) is 11.5 Å². The lowest BCUT2D eigenvalue weighted by molar-refractivity contribution is 0.494. The van der Waals surface area contributed by atoms with Crippen LogP contribution in [-0.4, -0.2) is 40.4 Å². The Bertz CT molecular complexity index is 485. The quantitative estimate of drug-likeness (QED) is 0.848. The van der Waals surface area contributed by atoms with Crippen molar-refractivity contribution >= 4 is 27.5 Å². The van der Waals surface area contributed by atoms with Crippen molar-refractivity contribution in [2.45, 2.75) is 41.3 Å². The van der Waals surface area contributed by atoms with E-state index in [2.05, 4.69) is 15.2 Å². The minimum atomic E-state index is -2.93. The largest absolute Gasteiger partial charge is 0.368 e. The number of nitrogen functional groups attached to an aromatic ring is 1. The molecule has 8 heteroatoms. The average Bonchev–Trinajstić information content (AvgIpc) is 2.63. The summed E-state index contributed by atoms with van der Waals surface area (Å²) < 4.78 is 23.0. The molecule has 0 aromatic carbocycles. The summed E-state index contributed by atoms with van der Waals surface area (Å²) in [5, 5.41) is 7.17. The zero-order chi connectivity index (χ0) is 12.5. The first kappa shape index (κ1) is 12.7. The van der Waals surface area contributed by atoms with E-state index in [1.807, 2.05) is 0 Å². The molecule has 1 aromatic heterocycles. The van der Waals surface area contributed by atoms with E-state index in [0.717, 1.165) is 19.3 Å². The lowest BCUT2D eigenvalue weighted by atomic mass is 10.00. The van der Waals surface area contributed by atoms with Crippen molar-refractivity contribution in [3.8, 4) is 0 Å². The number of aromatic nitrogens is 3. The second-order valence-electron chi connectivity index (χ2n) is 4.36. The van der Waals surface area contributed by atoms with E-state index in [1.165, 1.54) is 18.0 Å². The van der Waals surface area contributed by atoms with Crippen molar-refractivity contribution in [3.05, 3.63) is 0 Å². The zero-order valence-electron chi connectivity index (χ0n) is 9.59. The van der Waals surface area contributed by atoms with Gasteiger partial charge < -0.3 is 5.73 Å². The molecular weight excluding hydrogens is 260 g/mol. The minimum Gasteiger partial charge on any atom is -0.368 e. The van der Waals surface area contributed by atoms with Crippen LogP contribution in [0.1, 0.15) is 25.7 Å². The number of aromatic amines is 1. The number of nitrogens with one attached hydrogen (secondary N) is 1. The summed E-state index contributed by atoms with van der Waals surface area (Å²) in [5.41, 5.74) is 5.44. The summed E-state index contributed by atoms with van der Waals surface area (Å²) in [4.78, 5) is 4.02. The highest BCUT2D eigenvalue weighted by atomic mass is 32.2. The van der Waals surface area contributed by atoms with Crippen molar-refractivity contribution in [1.82, 2.24) is 15.2 Å². The number of nitrogens with two attached hydrogens (primary N) is 1. The van der Waals surface area contributed by atoms with Gasteiger partial charge in [-0.15, -0.1) is 5.10 Å². The summed E-state index contributed by atoms with van der Waals surface area (Å²) in [6.45, 7) is 0. The van der Waals surface area contributed by atoms with Gasteiger partial charge >= 0.3 is 0 Å². The van der Waals surface area contributed by atoms with Crippen LogP contribution < -0.4 is 5.73 Å². The molecule has 0 radical (unpaired) electrons. The van der Waals surface area contributed by atoms with Gasteiger partial charge in [0.05, 0.1) is 5.25 Å². The molecule has 1 heterocycles. The van der Waals surface area contributed by atoms with Gasteiger partial charge in [0.1, 0.15) is 9.84 Å². The van der Waals surface area contributed by atoms with Gasteiger partial charge in [-0.1, -0.05) is 18.2 Å². The molecule has 1 fully saturated rings. The molecule has 1 saturated carbocycles. The molecule has 0 amide bonds. The number of hydrogen-bond acceptors (Lipinski definition) is 6. The molecule has 96 valence electrons. The van der Waals surface area contributed by atoms with Crippen LogP contribution in [0, 0.1) is 0 Å². The summed E-state index contributed by atoms with van der Waals surface area (Å²) in [7, 11) is -2.93. The molecule has 0 aliphatic heterocycles. The number of H-pyrrole nitrogens is 1. The maximum Gasteiger partial charge on any atom is 0.216 e. The molecule has 2 unspecified atom stereocenters. The highest BCUT2D eigenvalue weighted by Crippen LogP contribution is 2.34.